The standard InChI is InChI=1S/C21H23N3O3S/c1-10-7-6-8-15-11(2)9-16(25)24(18(10)15)13(4)20(27)23-21-17(19(22)26)12(3)14(5)28-21/h6-9,13H,1-5H3,(H2,22,26)(H,23,27). The summed E-state index contributed by atoms with van der Waals surface area (Å²) in [6.45, 7) is 9.14. The van der Waals surface area contributed by atoms with Crippen molar-refractivity contribution in [3.05, 3.63) is 61.8 Å². The third-order valence-corrected chi connectivity index (χ3v) is 6.24. The van der Waals surface area contributed by atoms with E-state index in [0.29, 0.717) is 10.6 Å². The number of aryl methyl sites for hydroxylation is 3. The van der Waals surface area contributed by atoms with Gasteiger partial charge < -0.3 is 11.1 Å². The summed E-state index contributed by atoms with van der Waals surface area (Å²) in [5.74, 6) is -0.960. The summed E-state index contributed by atoms with van der Waals surface area (Å²) in [6, 6.07) is 6.56. The number of hydrogen-bond acceptors (Lipinski definition) is 4. The highest BCUT2D eigenvalue weighted by molar-refractivity contribution is 7.16. The Balaban J connectivity index is 2.08. The molecule has 0 aliphatic rings. The number of anilines is 1. The van der Waals surface area contributed by atoms with E-state index in [1.54, 1.807) is 19.9 Å². The highest BCUT2D eigenvalue weighted by Crippen LogP contribution is 2.33. The normalized spacial score (nSPS) is 12.2. The van der Waals surface area contributed by atoms with Crippen LogP contribution in [0.25, 0.3) is 10.9 Å². The molecule has 3 N–H and O–H groups in total. The molecule has 7 heteroatoms. The molecular formula is C21H23N3O3S. The smallest absolute Gasteiger partial charge is 0.252 e. The average Bonchev–Trinajstić information content (AvgIpc) is 2.89. The molecule has 6 nitrogen and oxygen atoms in total. The van der Waals surface area contributed by atoms with Crippen molar-refractivity contribution in [1.29, 1.82) is 0 Å². The number of carbonyl (C=O) groups excluding carboxylic acids is 2. The van der Waals surface area contributed by atoms with Gasteiger partial charge in [0.05, 0.1) is 11.1 Å². The predicted octanol–water partition coefficient (Wildman–Crippen LogP) is 3.60. The molecule has 1 aromatic carbocycles. The molecule has 0 saturated heterocycles. The molecule has 1 atom stereocenters. The van der Waals surface area contributed by atoms with Gasteiger partial charge in [0.1, 0.15) is 11.0 Å². The van der Waals surface area contributed by atoms with Gasteiger partial charge in [-0.2, -0.15) is 0 Å². The van der Waals surface area contributed by atoms with Crippen molar-refractivity contribution in [1.82, 2.24) is 4.57 Å². The lowest BCUT2D eigenvalue weighted by molar-refractivity contribution is -0.118. The number of nitrogens with one attached hydrogen (secondary N) is 1. The topological polar surface area (TPSA) is 94.2 Å². The summed E-state index contributed by atoms with van der Waals surface area (Å²) in [5, 5.41) is 4.14. The van der Waals surface area contributed by atoms with Gasteiger partial charge in [-0.3, -0.25) is 19.0 Å². The number of pyridine rings is 1. The maximum absolute atomic E-state index is 13.0. The summed E-state index contributed by atoms with van der Waals surface area (Å²) in [6.07, 6.45) is 0. The van der Waals surface area contributed by atoms with Crippen LogP contribution in [0.4, 0.5) is 5.00 Å². The Morgan fingerprint density at radius 1 is 1.14 bits per heavy atom. The van der Waals surface area contributed by atoms with Crippen LogP contribution in [0.5, 0.6) is 0 Å². The minimum atomic E-state index is -0.764. The average molecular weight is 398 g/mol. The number of primary amides is 1. The van der Waals surface area contributed by atoms with Crippen LogP contribution < -0.4 is 16.6 Å². The Morgan fingerprint density at radius 2 is 1.82 bits per heavy atom. The lowest BCUT2D eigenvalue weighted by atomic mass is 10.1. The molecule has 0 saturated carbocycles. The van der Waals surface area contributed by atoms with Gasteiger partial charge in [0.2, 0.25) is 5.91 Å². The van der Waals surface area contributed by atoms with Crippen LogP contribution in [-0.4, -0.2) is 16.4 Å². The number of amides is 2. The van der Waals surface area contributed by atoms with Gasteiger partial charge >= 0.3 is 0 Å². The zero-order valence-corrected chi connectivity index (χ0v) is 17.4. The molecule has 0 fully saturated rings. The van der Waals surface area contributed by atoms with Crippen LogP contribution in [0.3, 0.4) is 0 Å². The Kier molecular flexibility index (Phi) is 5.12. The van der Waals surface area contributed by atoms with Gasteiger partial charge in [0, 0.05) is 16.3 Å². The van der Waals surface area contributed by atoms with Crippen LogP contribution in [-0.2, 0) is 4.79 Å². The summed E-state index contributed by atoms with van der Waals surface area (Å²) < 4.78 is 1.50. The number of fused-ring (bicyclic) bond motifs is 1. The van der Waals surface area contributed by atoms with E-state index >= 15 is 0 Å². The second-order valence-corrected chi connectivity index (χ2v) is 8.25. The lowest BCUT2D eigenvalue weighted by Crippen LogP contribution is -2.32. The fraction of sp³-hybridized carbons (Fsp3) is 0.286. The molecule has 1 unspecified atom stereocenters. The first-order valence-electron chi connectivity index (χ1n) is 8.95. The maximum Gasteiger partial charge on any atom is 0.252 e. The Labute approximate surface area is 167 Å². The van der Waals surface area contributed by atoms with E-state index < -0.39 is 11.9 Å². The molecule has 3 aromatic rings. The monoisotopic (exact) mass is 397 g/mol. The summed E-state index contributed by atoms with van der Waals surface area (Å²) in [4.78, 5) is 38.5. The second kappa shape index (κ2) is 7.24. The molecule has 2 aromatic heterocycles. The number of nitrogens with zero attached hydrogens (tertiary/aromatic N) is 1. The molecule has 0 radical (unpaired) electrons. The number of benzene rings is 1. The lowest BCUT2D eigenvalue weighted by Gasteiger charge is -2.20. The van der Waals surface area contributed by atoms with Gasteiger partial charge in [-0.15, -0.1) is 11.3 Å². The highest BCUT2D eigenvalue weighted by Gasteiger charge is 2.24. The van der Waals surface area contributed by atoms with E-state index in [4.69, 9.17) is 5.73 Å². The van der Waals surface area contributed by atoms with Crippen molar-refractivity contribution in [2.45, 2.75) is 40.7 Å². The Bertz CT molecular complexity index is 1170. The number of thiophene rings is 1. The molecule has 146 valence electrons. The Hall–Kier alpha value is -2.93. The molecule has 28 heavy (non-hydrogen) atoms. The van der Waals surface area contributed by atoms with Crippen molar-refractivity contribution in [2.24, 2.45) is 5.73 Å². The summed E-state index contributed by atoms with van der Waals surface area (Å²) in [5.41, 5.74) is 8.85. The number of carbonyl (C=O) groups is 2. The largest absolute Gasteiger partial charge is 0.365 e. The summed E-state index contributed by atoms with van der Waals surface area (Å²) >= 11 is 1.30. The van der Waals surface area contributed by atoms with Crippen molar-refractivity contribution in [3.8, 4) is 0 Å². The van der Waals surface area contributed by atoms with E-state index in [1.165, 1.54) is 15.9 Å². The van der Waals surface area contributed by atoms with Crippen molar-refractivity contribution < 1.29 is 9.59 Å². The molecule has 3 rings (SSSR count). The fourth-order valence-corrected chi connectivity index (χ4v) is 4.54. The third-order valence-electron chi connectivity index (χ3n) is 5.12. The minimum Gasteiger partial charge on any atom is -0.365 e. The van der Waals surface area contributed by atoms with Crippen LogP contribution in [0.2, 0.25) is 0 Å². The number of rotatable bonds is 4. The number of aromatic nitrogens is 1. The first-order valence-corrected chi connectivity index (χ1v) is 9.77. The SMILES string of the molecule is Cc1sc(NC(=O)C(C)n2c(=O)cc(C)c3cccc(C)c32)c(C(N)=O)c1C. The molecule has 0 spiro atoms. The van der Waals surface area contributed by atoms with E-state index in [9.17, 15) is 14.4 Å². The fourth-order valence-electron chi connectivity index (χ4n) is 3.47. The van der Waals surface area contributed by atoms with Gasteiger partial charge in [-0.05, 0) is 51.3 Å². The quantitative estimate of drug-likeness (QED) is 0.704. The minimum absolute atomic E-state index is 0.240. The predicted molar refractivity (Wildman–Crippen MR) is 113 cm³/mol. The molecule has 0 bridgehead atoms. The first kappa shape index (κ1) is 19.8. The zero-order valence-electron chi connectivity index (χ0n) is 16.5. The zero-order chi connectivity index (χ0) is 20.7. The van der Waals surface area contributed by atoms with Crippen LogP contribution in [0, 0.1) is 27.7 Å². The highest BCUT2D eigenvalue weighted by atomic mass is 32.1. The van der Waals surface area contributed by atoms with E-state index in [-0.39, 0.29) is 11.5 Å². The van der Waals surface area contributed by atoms with Gasteiger partial charge in [0.25, 0.3) is 11.5 Å². The van der Waals surface area contributed by atoms with Crippen LogP contribution in [0.15, 0.2) is 29.1 Å². The van der Waals surface area contributed by atoms with E-state index in [0.717, 1.165) is 32.5 Å². The molecule has 0 aliphatic heterocycles. The maximum atomic E-state index is 13.0. The molecule has 2 amide bonds. The molecule has 2 heterocycles. The number of para-hydroxylation sites is 1. The van der Waals surface area contributed by atoms with Crippen LogP contribution in [0.1, 0.15) is 44.9 Å². The summed E-state index contributed by atoms with van der Waals surface area (Å²) in [7, 11) is 0. The van der Waals surface area contributed by atoms with Gasteiger partial charge in [-0.1, -0.05) is 18.2 Å². The third kappa shape index (κ3) is 3.22. The molecule has 0 aliphatic carbocycles. The van der Waals surface area contributed by atoms with E-state index in [1.807, 2.05) is 39.0 Å². The van der Waals surface area contributed by atoms with Gasteiger partial charge in [-0.25, -0.2) is 0 Å². The van der Waals surface area contributed by atoms with E-state index in [2.05, 4.69) is 5.32 Å². The van der Waals surface area contributed by atoms with Crippen molar-refractivity contribution >= 4 is 39.1 Å². The number of nitrogens with two attached hydrogens (primary N) is 1. The number of hydrogen-bond donors (Lipinski definition) is 2. The van der Waals surface area contributed by atoms with Crippen molar-refractivity contribution in [3.63, 3.8) is 0 Å². The van der Waals surface area contributed by atoms with Crippen molar-refractivity contribution in [2.75, 3.05) is 5.32 Å². The molecular weight excluding hydrogens is 374 g/mol. The second-order valence-electron chi connectivity index (χ2n) is 7.02. The Morgan fingerprint density at radius 3 is 2.46 bits per heavy atom. The van der Waals surface area contributed by atoms with Crippen LogP contribution >= 0.6 is 11.3 Å². The van der Waals surface area contributed by atoms with Gasteiger partial charge in [0.15, 0.2) is 0 Å². The first-order chi connectivity index (χ1) is 13.1.